The van der Waals surface area contributed by atoms with E-state index in [4.69, 9.17) is 0 Å². The number of benzene rings is 1. The van der Waals surface area contributed by atoms with E-state index in [1.165, 1.54) is 0 Å². The van der Waals surface area contributed by atoms with Crippen LogP contribution in [0.4, 0.5) is 5.69 Å². The van der Waals surface area contributed by atoms with E-state index in [1.807, 2.05) is 24.3 Å². The Kier molecular flexibility index (Phi) is 3.94. The Balaban J connectivity index is 0.000000845. The Hall–Kier alpha value is 0.126. The van der Waals surface area contributed by atoms with Crippen molar-refractivity contribution in [1.82, 2.24) is 0 Å². The number of hydrogen-bond donors (Lipinski definition) is 1. The van der Waals surface area contributed by atoms with Crippen LogP contribution in [0, 0.1) is 0 Å². The summed E-state index contributed by atoms with van der Waals surface area (Å²) in [4.78, 5) is 10.5. The van der Waals surface area contributed by atoms with E-state index < -0.39 is 12.0 Å². The molecule has 1 aliphatic rings. The molecule has 13 heavy (non-hydrogen) atoms. The number of aliphatic carboxylic acids is 1. The normalized spacial score (nSPS) is 18.3. The average molecular weight is 201 g/mol. The van der Waals surface area contributed by atoms with Crippen LogP contribution in [-0.2, 0) is 11.2 Å². The van der Waals surface area contributed by atoms with Crippen LogP contribution in [0.25, 0.3) is 0 Å². The average Bonchev–Trinajstić information content (AvgIpc) is 2.46. The van der Waals surface area contributed by atoms with Gasteiger partial charge in [-0.05, 0) is 18.1 Å². The number of carboxylic acids is 1. The van der Waals surface area contributed by atoms with Crippen molar-refractivity contribution in [3.05, 3.63) is 29.8 Å². The van der Waals surface area contributed by atoms with Crippen molar-refractivity contribution in [3.63, 3.8) is 0 Å². The Bertz CT molecular complexity index is 302. The zero-order valence-electron chi connectivity index (χ0n) is 7.41. The summed E-state index contributed by atoms with van der Waals surface area (Å²) in [7, 11) is 0. The first-order valence-electron chi connectivity index (χ1n) is 3.82. The van der Waals surface area contributed by atoms with Crippen LogP contribution < -0.4 is 61.8 Å². The molecule has 0 radical (unpaired) electrons. The van der Waals surface area contributed by atoms with E-state index in [9.17, 15) is 9.90 Å². The maximum absolute atomic E-state index is 10.5. The zero-order chi connectivity index (χ0) is 8.55. The molecule has 0 unspecified atom stereocenters. The fourth-order valence-corrected chi connectivity index (χ4v) is 1.44. The summed E-state index contributed by atoms with van der Waals surface area (Å²) in [5.41, 5.74) is 1.96. The predicted molar refractivity (Wildman–Crippen MR) is 42.6 cm³/mol. The topological polar surface area (TPSA) is 52.2 Å². The summed E-state index contributed by atoms with van der Waals surface area (Å²) in [6.07, 6.45) is 0.526. The second-order valence-corrected chi connectivity index (χ2v) is 2.88. The summed E-state index contributed by atoms with van der Waals surface area (Å²) in [5.74, 6) is -1.04. The summed E-state index contributed by atoms with van der Waals surface area (Å²) < 4.78 is 0. The van der Waals surface area contributed by atoms with Gasteiger partial charge in [-0.1, -0.05) is 18.2 Å². The SMILES string of the molecule is O=C([O-])[C@@H]1Cc2ccccc2N1.[K+]. The number of rotatable bonds is 1. The standard InChI is InChI=1S/C9H9NO2.K/c11-9(12)8-5-6-3-1-2-4-7(6)10-8;/h1-4,8,10H,5H2,(H,11,12);/q;+1/p-1/t8-;/m0./s1. The maximum Gasteiger partial charge on any atom is 1.00 e. The van der Waals surface area contributed by atoms with Gasteiger partial charge in [-0.2, -0.15) is 0 Å². The van der Waals surface area contributed by atoms with Crippen molar-refractivity contribution in [2.75, 3.05) is 5.32 Å². The molecule has 1 aliphatic heterocycles. The molecular weight excluding hydrogens is 193 g/mol. The first-order valence-corrected chi connectivity index (χ1v) is 3.82. The third kappa shape index (κ3) is 2.32. The number of anilines is 1. The monoisotopic (exact) mass is 201 g/mol. The van der Waals surface area contributed by atoms with Gasteiger partial charge >= 0.3 is 51.4 Å². The van der Waals surface area contributed by atoms with E-state index in [2.05, 4.69) is 5.32 Å². The molecule has 1 N–H and O–H groups in total. The van der Waals surface area contributed by atoms with E-state index in [0.29, 0.717) is 6.42 Å². The molecule has 2 rings (SSSR count). The summed E-state index contributed by atoms with van der Waals surface area (Å²) in [6.45, 7) is 0. The number of nitrogens with one attached hydrogen (secondary N) is 1. The van der Waals surface area contributed by atoms with Gasteiger partial charge in [0.05, 0.1) is 12.0 Å². The number of fused-ring (bicyclic) bond motifs is 1. The quantitative estimate of drug-likeness (QED) is 0.486. The largest absolute Gasteiger partial charge is 1.00 e. The molecule has 3 nitrogen and oxygen atoms in total. The minimum Gasteiger partial charge on any atom is -0.548 e. The first kappa shape index (κ1) is 11.2. The summed E-state index contributed by atoms with van der Waals surface area (Å²) in [5, 5.41) is 13.4. The van der Waals surface area contributed by atoms with Crippen LogP contribution >= 0.6 is 0 Å². The number of carbonyl (C=O) groups excluding carboxylic acids is 1. The fraction of sp³-hybridized carbons (Fsp3) is 0.222. The summed E-state index contributed by atoms with van der Waals surface area (Å²) >= 11 is 0. The van der Waals surface area contributed by atoms with Crippen molar-refractivity contribution in [2.45, 2.75) is 12.5 Å². The second-order valence-electron chi connectivity index (χ2n) is 2.88. The van der Waals surface area contributed by atoms with Crippen molar-refractivity contribution < 1.29 is 61.3 Å². The van der Waals surface area contributed by atoms with Gasteiger partial charge in [-0.25, -0.2) is 0 Å². The smallest absolute Gasteiger partial charge is 0.548 e. The molecule has 4 heteroatoms. The number of carbonyl (C=O) groups is 1. The minimum absolute atomic E-state index is 0. The van der Waals surface area contributed by atoms with Gasteiger partial charge in [0.15, 0.2) is 0 Å². The van der Waals surface area contributed by atoms with Crippen LogP contribution in [-0.4, -0.2) is 12.0 Å². The van der Waals surface area contributed by atoms with Gasteiger partial charge in [0.1, 0.15) is 0 Å². The molecule has 0 amide bonds. The van der Waals surface area contributed by atoms with Crippen molar-refractivity contribution in [2.24, 2.45) is 0 Å². The molecule has 0 saturated heterocycles. The van der Waals surface area contributed by atoms with Crippen LogP contribution in [0.15, 0.2) is 24.3 Å². The van der Waals surface area contributed by atoms with E-state index in [0.717, 1.165) is 11.3 Å². The minimum atomic E-state index is -1.04. The third-order valence-electron chi connectivity index (χ3n) is 2.06. The maximum atomic E-state index is 10.5. The third-order valence-corrected chi connectivity index (χ3v) is 2.06. The number of carboxylic acid groups (broad SMARTS) is 1. The first-order chi connectivity index (χ1) is 5.77. The fourth-order valence-electron chi connectivity index (χ4n) is 1.44. The molecule has 0 saturated carbocycles. The van der Waals surface area contributed by atoms with E-state index >= 15 is 0 Å². The molecule has 1 atom stereocenters. The van der Waals surface area contributed by atoms with E-state index in [1.54, 1.807) is 0 Å². The van der Waals surface area contributed by atoms with Crippen LogP contribution in [0.3, 0.4) is 0 Å². The molecular formula is C9H8KNO2. The van der Waals surface area contributed by atoms with Gasteiger partial charge in [0, 0.05) is 5.69 Å². The van der Waals surface area contributed by atoms with Gasteiger partial charge in [0.25, 0.3) is 0 Å². The van der Waals surface area contributed by atoms with Gasteiger partial charge in [-0.3, -0.25) is 0 Å². The van der Waals surface area contributed by atoms with Gasteiger partial charge < -0.3 is 15.2 Å². The Morgan fingerprint density at radius 1 is 1.46 bits per heavy atom. The molecule has 0 fully saturated rings. The van der Waals surface area contributed by atoms with Crippen molar-refractivity contribution in [3.8, 4) is 0 Å². The van der Waals surface area contributed by atoms with E-state index in [-0.39, 0.29) is 51.4 Å². The predicted octanol–water partition coefficient (Wildman–Crippen LogP) is -3.22. The molecule has 0 bridgehead atoms. The molecule has 0 aromatic heterocycles. The molecule has 0 aliphatic carbocycles. The van der Waals surface area contributed by atoms with Crippen LogP contribution in [0.5, 0.6) is 0 Å². The second kappa shape index (κ2) is 4.57. The molecule has 1 aromatic carbocycles. The van der Waals surface area contributed by atoms with Crippen LogP contribution in [0.1, 0.15) is 5.56 Å². The number of para-hydroxylation sites is 1. The Morgan fingerprint density at radius 2 is 2.15 bits per heavy atom. The van der Waals surface area contributed by atoms with Crippen molar-refractivity contribution >= 4 is 11.7 Å². The molecule has 1 aromatic rings. The van der Waals surface area contributed by atoms with Crippen LogP contribution in [0.2, 0.25) is 0 Å². The Labute approximate surface area is 119 Å². The molecule has 62 valence electrons. The summed E-state index contributed by atoms with van der Waals surface area (Å²) in [6, 6.07) is 7.02. The molecule has 0 spiro atoms. The zero-order valence-corrected chi connectivity index (χ0v) is 10.5. The number of hydrogen-bond acceptors (Lipinski definition) is 3. The molecule has 1 heterocycles. The van der Waals surface area contributed by atoms with Gasteiger partial charge in [-0.15, -0.1) is 0 Å². The Morgan fingerprint density at radius 3 is 2.77 bits per heavy atom. The van der Waals surface area contributed by atoms with Crippen molar-refractivity contribution in [1.29, 1.82) is 0 Å². The van der Waals surface area contributed by atoms with Gasteiger partial charge in [0.2, 0.25) is 0 Å².